The maximum atomic E-state index is 12.3. The topological polar surface area (TPSA) is 105 Å². The second-order valence-corrected chi connectivity index (χ2v) is 8.51. The number of amides is 2. The zero-order chi connectivity index (χ0) is 21.0. The number of benzene rings is 2. The molecule has 0 saturated carbocycles. The highest BCUT2D eigenvalue weighted by molar-refractivity contribution is 7.89. The van der Waals surface area contributed by atoms with Gasteiger partial charge in [-0.3, -0.25) is 15.0 Å². The van der Waals surface area contributed by atoms with Crippen molar-refractivity contribution in [3.63, 3.8) is 0 Å². The molecule has 1 saturated heterocycles. The van der Waals surface area contributed by atoms with E-state index >= 15 is 0 Å². The largest absolute Gasteiger partial charge is 0.484 e. The zero-order valence-electron chi connectivity index (χ0n) is 16.3. The first-order valence-corrected chi connectivity index (χ1v) is 10.7. The molecule has 2 amide bonds. The van der Waals surface area contributed by atoms with Crippen molar-refractivity contribution in [2.75, 3.05) is 18.1 Å². The summed E-state index contributed by atoms with van der Waals surface area (Å²) in [7, 11) is -3.95. The standard InChI is InChI=1S/C20H23N3O5S/c1-14-5-8-17(12-15(14)2)28-13-19(24)21-22-29(26,27)18-9-6-16(7-10-18)23-11-3-4-20(23)25/h5-10,12,22H,3-4,11,13H2,1-2H3,(H,21,24). The number of sulfonamides is 1. The number of nitrogens with one attached hydrogen (secondary N) is 2. The molecule has 8 nitrogen and oxygen atoms in total. The van der Waals surface area contributed by atoms with E-state index in [0.717, 1.165) is 17.5 Å². The van der Waals surface area contributed by atoms with Crippen molar-refractivity contribution in [3.05, 3.63) is 53.6 Å². The molecule has 2 N–H and O–H groups in total. The Labute approximate surface area is 169 Å². The Morgan fingerprint density at radius 1 is 1.10 bits per heavy atom. The van der Waals surface area contributed by atoms with Crippen molar-refractivity contribution in [2.24, 2.45) is 0 Å². The van der Waals surface area contributed by atoms with E-state index < -0.39 is 15.9 Å². The summed E-state index contributed by atoms with van der Waals surface area (Å²) in [5.74, 6) is -0.0843. The molecule has 0 bridgehead atoms. The van der Waals surface area contributed by atoms with Crippen LogP contribution in [0.15, 0.2) is 47.4 Å². The molecule has 1 fully saturated rings. The molecular formula is C20H23N3O5S. The van der Waals surface area contributed by atoms with E-state index in [1.54, 1.807) is 29.2 Å². The van der Waals surface area contributed by atoms with Crippen LogP contribution in [0.4, 0.5) is 5.69 Å². The summed E-state index contributed by atoms with van der Waals surface area (Å²) in [4.78, 5) is 27.3. The summed E-state index contributed by atoms with van der Waals surface area (Å²) in [6.45, 7) is 4.19. The van der Waals surface area contributed by atoms with E-state index in [9.17, 15) is 18.0 Å². The summed E-state index contributed by atoms with van der Waals surface area (Å²) in [6.07, 6.45) is 1.29. The van der Waals surface area contributed by atoms with Crippen molar-refractivity contribution in [3.8, 4) is 5.75 Å². The highest BCUT2D eigenvalue weighted by atomic mass is 32.2. The van der Waals surface area contributed by atoms with Crippen LogP contribution in [0.2, 0.25) is 0 Å². The van der Waals surface area contributed by atoms with Gasteiger partial charge < -0.3 is 9.64 Å². The summed E-state index contributed by atoms with van der Waals surface area (Å²) in [6, 6.07) is 11.4. The Morgan fingerprint density at radius 2 is 1.83 bits per heavy atom. The van der Waals surface area contributed by atoms with Crippen molar-refractivity contribution in [1.29, 1.82) is 0 Å². The average Bonchev–Trinajstić information content (AvgIpc) is 3.13. The van der Waals surface area contributed by atoms with Crippen molar-refractivity contribution in [2.45, 2.75) is 31.6 Å². The van der Waals surface area contributed by atoms with E-state index in [4.69, 9.17) is 4.74 Å². The van der Waals surface area contributed by atoms with E-state index in [1.807, 2.05) is 24.7 Å². The Morgan fingerprint density at radius 3 is 2.45 bits per heavy atom. The van der Waals surface area contributed by atoms with Crippen LogP contribution < -0.4 is 19.9 Å². The van der Waals surface area contributed by atoms with Gasteiger partial charge in [-0.2, -0.15) is 0 Å². The Kier molecular flexibility index (Phi) is 6.19. The number of hydrogen-bond donors (Lipinski definition) is 2. The van der Waals surface area contributed by atoms with Gasteiger partial charge in [-0.25, -0.2) is 8.42 Å². The Bertz CT molecular complexity index is 1020. The smallest absolute Gasteiger partial charge is 0.272 e. The summed E-state index contributed by atoms with van der Waals surface area (Å²) >= 11 is 0. The lowest BCUT2D eigenvalue weighted by atomic mass is 10.1. The molecule has 29 heavy (non-hydrogen) atoms. The van der Waals surface area contributed by atoms with Gasteiger partial charge in [0.25, 0.3) is 15.9 Å². The highest BCUT2D eigenvalue weighted by Gasteiger charge is 2.22. The van der Waals surface area contributed by atoms with Crippen LogP contribution in [-0.4, -0.2) is 33.4 Å². The molecule has 9 heteroatoms. The predicted molar refractivity (Wildman–Crippen MR) is 108 cm³/mol. The number of aryl methyl sites for hydroxylation is 2. The molecule has 0 unspecified atom stereocenters. The average molecular weight is 417 g/mol. The molecule has 2 aromatic rings. The van der Waals surface area contributed by atoms with E-state index in [2.05, 4.69) is 5.43 Å². The molecule has 0 spiro atoms. The van der Waals surface area contributed by atoms with Gasteiger partial charge in [0, 0.05) is 18.7 Å². The van der Waals surface area contributed by atoms with Gasteiger partial charge in [0.05, 0.1) is 4.90 Å². The van der Waals surface area contributed by atoms with Crippen LogP contribution in [0.3, 0.4) is 0 Å². The molecule has 1 aliphatic heterocycles. The molecule has 2 aromatic carbocycles. The molecular weight excluding hydrogens is 394 g/mol. The quantitative estimate of drug-likeness (QED) is 0.669. The minimum Gasteiger partial charge on any atom is -0.484 e. The Hall–Kier alpha value is -2.91. The lowest BCUT2D eigenvalue weighted by Gasteiger charge is -2.16. The number of hydrogen-bond acceptors (Lipinski definition) is 5. The third-order valence-corrected chi connectivity index (χ3v) is 5.97. The van der Waals surface area contributed by atoms with Crippen LogP contribution in [0.5, 0.6) is 5.75 Å². The fraction of sp³-hybridized carbons (Fsp3) is 0.300. The van der Waals surface area contributed by atoms with Gasteiger partial charge >= 0.3 is 0 Å². The Balaban J connectivity index is 1.54. The fourth-order valence-corrected chi connectivity index (χ4v) is 3.76. The molecule has 0 radical (unpaired) electrons. The molecule has 1 heterocycles. The van der Waals surface area contributed by atoms with E-state index in [-0.39, 0.29) is 17.4 Å². The minimum absolute atomic E-state index is 0.0229. The number of nitrogens with zero attached hydrogens (tertiary/aromatic N) is 1. The summed E-state index contributed by atoms with van der Waals surface area (Å²) in [5, 5.41) is 0. The number of hydrazine groups is 1. The van der Waals surface area contributed by atoms with Gasteiger partial charge in [-0.15, -0.1) is 4.83 Å². The summed E-state index contributed by atoms with van der Waals surface area (Å²) < 4.78 is 30.1. The first kappa shape index (κ1) is 20.8. The molecule has 0 atom stereocenters. The van der Waals surface area contributed by atoms with Gasteiger partial charge in [0.15, 0.2) is 6.61 Å². The highest BCUT2D eigenvalue weighted by Crippen LogP contribution is 2.22. The number of ether oxygens (including phenoxy) is 1. The van der Waals surface area contributed by atoms with Crippen LogP contribution in [0, 0.1) is 13.8 Å². The van der Waals surface area contributed by atoms with Crippen molar-refractivity contribution in [1.82, 2.24) is 10.3 Å². The lowest BCUT2D eigenvalue weighted by molar-refractivity contribution is -0.123. The number of carbonyl (C=O) groups is 2. The van der Waals surface area contributed by atoms with E-state index in [0.29, 0.717) is 24.4 Å². The van der Waals surface area contributed by atoms with Gasteiger partial charge in [-0.1, -0.05) is 6.07 Å². The maximum absolute atomic E-state index is 12.3. The predicted octanol–water partition coefficient (Wildman–Crippen LogP) is 1.82. The minimum atomic E-state index is -3.95. The number of carbonyl (C=O) groups excluding carboxylic acids is 2. The second-order valence-electron chi connectivity index (χ2n) is 6.83. The van der Waals surface area contributed by atoms with Crippen molar-refractivity contribution >= 4 is 27.5 Å². The zero-order valence-corrected chi connectivity index (χ0v) is 17.1. The van der Waals surface area contributed by atoms with Crippen LogP contribution in [0.1, 0.15) is 24.0 Å². The molecule has 0 aromatic heterocycles. The third-order valence-electron chi connectivity index (χ3n) is 4.71. The SMILES string of the molecule is Cc1ccc(OCC(=O)NNS(=O)(=O)c2ccc(N3CCCC3=O)cc2)cc1C. The first-order chi connectivity index (χ1) is 13.8. The van der Waals surface area contributed by atoms with Crippen LogP contribution in [0.25, 0.3) is 0 Å². The second kappa shape index (κ2) is 8.62. The fourth-order valence-electron chi connectivity index (χ4n) is 2.90. The van der Waals surface area contributed by atoms with Crippen LogP contribution in [-0.2, 0) is 19.6 Å². The molecule has 0 aliphatic carbocycles. The molecule has 1 aliphatic rings. The first-order valence-electron chi connectivity index (χ1n) is 9.17. The third kappa shape index (κ3) is 5.12. The van der Waals surface area contributed by atoms with E-state index in [1.165, 1.54) is 12.1 Å². The monoisotopic (exact) mass is 417 g/mol. The van der Waals surface area contributed by atoms with Gasteiger partial charge in [0.1, 0.15) is 5.75 Å². The van der Waals surface area contributed by atoms with Gasteiger partial charge in [-0.05, 0) is 67.8 Å². The molecule has 3 rings (SSSR count). The lowest BCUT2D eigenvalue weighted by Crippen LogP contribution is -2.43. The maximum Gasteiger partial charge on any atom is 0.272 e. The summed E-state index contributed by atoms with van der Waals surface area (Å²) in [5.41, 5.74) is 4.91. The van der Waals surface area contributed by atoms with Gasteiger partial charge in [0.2, 0.25) is 5.91 Å². The number of rotatable bonds is 7. The van der Waals surface area contributed by atoms with Crippen LogP contribution >= 0.6 is 0 Å². The van der Waals surface area contributed by atoms with Crippen molar-refractivity contribution < 1.29 is 22.7 Å². The molecule has 154 valence electrons. The normalized spacial score (nSPS) is 14.1. The number of anilines is 1.